The topological polar surface area (TPSA) is 51.7 Å². The number of methoxy groups -OCH3 is 1. The van der Waals surface area contributed by atoms with Gasteiger partial charge >= 0.3 is 5.97 Å². The largest absolute Gasteiger partial charge is 0.467 e. The second-order valence-electron chi connectivity index (χ2n) is 8.14. The molecule has 1 aliphatic heterocycles. The van der Waals surface area contributed by atoms with Crippen molar-refractivity contribution in [1.82, 2.24) is 4.98 Å². The molecule has 0 aliphatic carbocycles. The zero-order chi connectivity index (χ0) is 21.7. The number of para-hydroxylation sites is 1. The van der Waals surface area contributed by atoms with Gasteiger partial charge in [-0.3, -0.25) is 4.98 Å². The Balaban J connectivity index is 1.22. The number of hydrogen-bond acceptors (Lipinski definition) is 4. The van der Waals surface area contributed by atoms with Crippen LogP contribution in [0.4, 0.5) is 0 Å². The number of esters is 1. The number of fused-ring (bicyclic) bond motifs is 1. The Labute approximate surface area is 188 Å². The first-order valence-corrected chi connectivity index (χ1v) is 11.4. The molecule has 0 N–H and O–H groups in total. The molecule has 2 aromatic carbocycles. The minimum Gasteiger partial charge on any atom is -0.467 e. The summed E-state index contributed by atoms with van der Waals surface area (Å²) in [6, 6.07) is 18.2. The molecule has 0 radical (unpaired) electrons. The molecular weight excluding hydrogens is 410 g/mol. The number of hydrogen-bond donors (Lipinski definition) is 0. The van der Waals surface area contributed by atoms with Crippen LogP contribution in [0.1, 0.15) is 48.9 Å². The molecule has 4 nitrogen and oxygen atoms in total. The van der Waals surface area contributed by atoms with E-state index in [0.717, 1.165) is 65.7 Å². The van der Waals surface area contributed by atoms with E-state index < -0.39 is 5.60 Å². The maximum Gasteiger partial charge on any atom is 0.345 e. The zero-order valence-corrected chi connectivity index (χ0v) is 18.7. The molecule has 1 saturated heterocycles. The van der Waals surface area contributed by atoms with E-state index in [1.54, 1.807) is 0 Å². The smallest absolute Gasteiger partial charge is 0.345 e. The molecule has 4 rings (SSSR count). The standard InChI is InChI=1S/C26H28ClNO3/c1-30-25(29)26(18-31-26)21-14-9-7-12-19(21)11-5-3-2-4-6-16-24-22(27)17-20-13-8-10-15-23(20)28-24/h7-10,12-15,17H,2-6,11,16,18H2,1H3. The average molecular weight is 438 g/mol. The van der Waals surface area contributed by atoms with E-state index in [-0.39, 0.29) is 5.97 Å². The van der Waals surface area contributed by atoms with Gasteiger partial charge in [0, 0.05) is 10.9 Å². The lowest BCUT2D eigenvalue weighted by Crippen LogP contribution is -2.25. The van der Waals surface area contributed by atoms with Gasteiger partial charge in [-0.2, -0.15) is 0 Å². The van der Waals surface area contributed by atoms with Crippen LogP contribution in [0.3, 0.4) is 0 Å². The molecule has 1 fully saturated rings. The first kappa shape index (κ1) is 21.8. The average Bonchev–Trinajstić information content (AvgIpc) is 3.60. The first-order chi connectivity index (χ1) is 15.1. The van der Waals surface area contributed by atoms with E-state index in [9.17, 15) is 4.79 Å². The monoisotopic (exact) mass is 437 g/mol. The highest BCUT2D eigenvalue weighted by molar-refractivity contribution is 6.31. The summed E-state index contributed by atoms with van der Waals surface area (Å²) in [6.07, 6.45) is 7.50. The summed E-state index contributed by atoms with van der Waals surface area (Å²) >= 11 is 6.42. The van der Waals surface area contributed by atoms with Crippen molar-refractivity contribution in [3.8, 4) is 0 Å². The molecule has 2 heterocycles. The molecule has 5 heteroatoms. The van der Waals surface area contributed by atoms with Gasteiger partial charge in [-0.1, -0.05) is 73.3 Å². The van der Waals surface area contributed by atoms with Crippen LogP contribution in [0.2, 0.25) is 5.02 Å². The van der Waals surface area contributed by atoms with Crippen molar-refractivity contribution in [2.75, 3.05) is 13.7 Å². The second-order valence-corrected chi connectivity index (χ2v) is 8.55. The third-order valence-electron chi connectivity index (χ3n) is 6.01. The van der Waals surface area contributed by atoms with Crippen LogP contribution in [-0.2, 0) is 32.7 Å². The number of ether oxygens (including phenoxy) is 2. The van der Waals surface area contributed by atoms with Crippen LogP contribution in [-0.4, -0.2) is 24.7 Å². The number of halogens is 1. The summed E-state index contributed by atoms with van der Waals surface area (Å²) < 4.78 is 10.5. The molecule has 1 unspecified atom stereocenters. The van der Waals surface area contributed by atoms with E-state index in [2.05, 4.69) is 6.07 Å². The number of aryl methyl sites for hydroxylation is 2. The molecule has 31 heavy (non-hydrogen) atoms. The second kappa shape index (κ2) is 9.80. The normalized spacial score (nSPS) is 17.6. The van der Waals surface area contributed by atoms with Gasteiger partial charge in [0.1, 0.15) is 0 Å². The predicted molar refractivity (Wildman–Crippen MR) is 123 cm³/mol. The number of epoxide rings is 1. The quantitative estimate of drug-likeness (QED) is 0.221. The summed E-state index contributed by atoms with van der Waals surface area (Å²) in [5.74, 6) is -0.305. The van der Waals surface area contributed by atoms with Gasteiger partial charge in [0.05, 0.1) is 29.9 Å². The highest BCUT2D eigenvalue weighted by Crippen LogP contribution is 2.42. The zero-order valence-electron chi connectivity index (χ0n) is 17.9. The van der Waals surface area contributed by atoms with E-state index in [1.165, 1.54) is 19.1 Å². The Morgan fingerprint density at radius 3 is 2.48 bits per heavy atom. The van der Waals surface area contributed by atoms with Gasteiger partial charge in [-0.05, 0) is 43.4 Å². The minimum atomic E-state index is -0.878. The molecule has 0 spiro atoms. The molecular formula is C26H28ClNO3. The Hall–Kier alpha value is -2.43. The lowest BCUT2D eigenvalue weighted by Gasteiger charge is -2.14. The Bertz CT molecular complexity index is 1060. The van der Waals surface area contributed by atoms with Crippen molar-refractivity contribution < 1.29 is 14.3 Å². The van der Waals surface area contributed by atoms with Crippen molar-refractivity contribution in [3.63, 3.8) is 0 Å². The Morgan fingerprint density at radius 1 is 1.03 bits per heavy atom. The fourth-order valence-corrected chi connectivity index (χ4v) is 4.45. The molecule has 1 aliphatic rings. The third-order valence-corrected chi connectivity index (χ3v) is 6.34. The molecule has 1 aromatic heterocycles. The van der Waals surface area contributed by atoms with Gasteiger partial charge in [0.25, 0.3) is 0 Å². The fourth-order valence-electron chi connectivity index (χ4n) is 4.20. The van der Waals surface area contributed by atoms with E-state index in [0.29, 0.717) is 6.61 Å². The summed E-state index contributed by atoms with van der Waals surface area (Å²) in [5.41, 5.74) is 3.26. The molecule has 0 bridgehead atoms. The van der Waals surface area contributed by atoms with Crippen molar-refractivity contribution in [2.45, 2.75) is 50.5 Å². The van der Waals surface area contributed by atoms with Gasteiger partial charge < -0.3 is 9.47 Å². The molecule has 162 valence electrons. The van der Waals surface area contributed by atoms with Gasteiger partial charge in [-0.15, -0.1) is 0 Å². The van der Waals surface area contributed by atoms with Crippen molar-refractivity contribution in [2.24, 2.45) is 0 Å². The molecule has 0 amide bonds. The number of benzene rings is 2. The Kier molecular flexibility index (Phi) is 6.89. The highest BCUT2D eigenvalue weighted by Gasteiger charge is 2.56. The van der Waals surface area contributed by atoms with Crippen LogP contribution in [0.5, 0.6) is 0 Å². The number of unbranched alkanes of at least 4 members (excludes halogenated alkanes) is 4. The number of carbonyl (C=O) groups excluding carboxylic acids is 1. The lowest BCUT2D eigenvalue weighted by molar-refractivity contribution is -0.147. The SMILES string of the molecule is COC(=O)C1(c2ccccc2CCCCCCCc2nc3ccccc3cc2Cl)CO1. The van der Waals surface area contributed by atoms with Crippen molar-refractivity contribution in [3.05, 3.63) is 76.4 Å². The summed E-state index contributed by atoms with van der Waals surface area (Å²) in [6.45, 7) is 0.405. The summed E-state index contributed by atoms with van der Waals surface area (Å²) in [4.78, 5) is 16.9. The number of rotatable bonds is 10. The number of pyridine rings is 1. The lowest BCUT2D eigenvalue weighted by atomic mass is 9.91. The van der Waals surface area contributed by atoms with Crippen molar-refractivity contribution >= 4 is 28.5 Å². The fraction of sp³-hybridized carbons (Fsp3) is 0.385. The Morgan fingerprint density at radius 2 is 1.71 bits per heavy atom. The molecule has 3 aromatic rings. The molecule has 0 saturated carbocycles. The van der Waals surface area contributed by atoms with Crippen LogP contribution in [0.25, 0.3) is 10.9 Å². The minimum absolute atomic E-state index is 0.305. The van der Waals surface area contributed by atoms with Crippen LogP contribution >= 0.6 is 11.6 Å². The summed E-state index contributed by atoms with van der Waals surface area (Å²) in [5, 5.41) is 1.85. The van der Waals surface area contributed by atoms with Crippen molar-refractivity contribution in [1.29, 1.82) is 0 Å². The van der Waals surface area contributed by atoms with Gasteiger partial charge in [0.15, 0.2) is 0 Å². The van der Waals surface area contributed by atoms with E-state index >= 15 is 0 Å². The van der Waals surface area contributed by atoms with Crippen LogP contribution in [0.15, 0.2) is 54.6 Å². The molecule has 1 atom stereocenters. The van der Waals surface area contributed by atoms with E-state index in [1.807, 2.05) is 48.5 Å². The first-order valence-electron chi connectivity index (χ1n) is 11.0. The summed E-state index contributed by atoms with van der Waals surface area (Å²) in [7, 11) is 1.41. The third kappa shape index (κ3) is 4.91. The van der Waals surface area contributed by atoms with Crippen LogP contribution in [0, 0.1) is 0 Å². The number of nitrogens with zero attached hydrogens (tertiary/aromatic N) is 1. The maximum atomic E-state index is 12.1. The van der Waals surface area contributed by atoms with Gasteiger partial charge in [-0.25, -0.2) is 4.79 Å². The maximum absolute atomic E-state index is 12.1. The number of aromatic nitrogens is 1. The van der Waals surface area contributed by atoms with E-state index in [4.69, 9.17) is 26.1 Å². The highest BCUT2D eigenvalue weighted by atomic mass is 35.5. The van der Waals surface area contributed by atoms with Gasteiger partial charge in [0.2, 0.25) is 5.60 Å². The number of carbonyl (C=O) groups is 1. The predicted octanol–water partition coefficient (Wildman–Crippen LogP) is 6.02. The van der Waals surface area contributed by atoms with Crippen LogP contribution < -0.4 is 0 Å².